The van der Waals surface area contributed by atoms with Gasteiger partial charge in [-0.3, -0.25) is 14.6 Å². The molecule has 0 atom stereocenters. The first-order chi connectivity index (χ1) is 19.3. The van der Waals surface area contributed by atoms with Crippen LogP contribution in [0.1, 0.15) is 60.0 Å². The van der Waals surface area contributed by atoms with Gasteiger partial charge in [0.2, 0.25) is 0 Å². The van der Waals surface area contributed by atoms with Crippen molar-refractivity contribution < 1.29 is 22.7 Å². The molecule has 1 aliphatic rings. The largest absolute Gasteiger partial charge is 0.497 e. The summed E-state index contributed by atoms with van der Waals surface area (Å²) in [5.41, 5.74) is 3.84. The highest BCUT2D eigenvalue weighted by molar-refractivity contribution is 7.91. The molecule has 206 valence electrons. The van der Waals surface area contributed by atoms with E-state index in [2.05, 4.69) is 4.98 Å². The lowest BCUT2D eigenvalue weighted by atomic mass is 9.90. The fourth-order valence-electron chi connectivity index (χ4n) is 5.12. The smallest absolute Gasteiger partial charge is 0.178 e. The van der Waals surface area contributed by atoms with Crippen molar-refractivity contribution in [1.29, 1.82) is 0 Å². The van der Waals surface area contributed by atoms with E-state index in [1.807, 2.05) is 30.3 Å². The van der Waals surface area contributed by atoms with Crippen molar-refractivity contribution in [2.45, 2.75) is 49.8 Å². The fourth-order valence-corrected chi connectivity index (χ4v) is 7.86. The Hall–Kier alpha value is -3.62. The number of thiophene rings is 1. The number of methoxy groups -OCH3 is 1. The van der Waals surface area contributed by atoms with Crippen molar-refractivity contribution >= 4 is 32.7 Å². The summed E-state index contributed by atoms with van der Waals surface area (Å²) in [4.78, 5) is 33.2. The molecule has 0 bridgehead atoms. The van der Waals surface area contributed by atoms with Gasteiger partial charge in [0.15, 0.2) is 21.4 Å². The number of pyridine rings is 1. The first kappa shape index (κ1) is 27.9. The summed E-state index contributed by atoms with van der Waals surface area (Å²) in [5, 5.41) is 0. The molecular formula is C32H31NO5S2. The Bertz CT molecular complexity index is 1620. The molecule has 0 unspecified atom stereocenters. The molecule has 8 heteroatoms. The normalized spacial score (nSPS) is 13.0. The Morgan fingerprint density at radius 2 is 1.73 bits per heavy atom. The van der Waals surface area contributed by atoms with E-state index in [4.69, 9.17) is 4.74 Å². The van der Waals surface area contributed by atoms with Crippen molar-refractivity contribution in [1.82, 2.24) is 4.98 Å². The highest BCUT2D eigenvalue weighted by atomic mass is 32.2. The van der Waals surface area contributed by atoms with E-state index in [0.29, 0.717) is 17.5 Å². The molecule has 0 saturated heterocycles. The predicted molar refractivity (Wildman–Crippen MR) is 156 cm³/mol. The number of aryl methyl sites for hydroxylation is 2. The zero-order chi connectivity index (χ0) is 28.1. The summed E-state index contributed by atoms with van der Waals surface area (Å²) in [6.07, 6.45) is 7.83. The van der Waals surface area contributed by atoms with Gasteiger partial charge in [-0.2, -0.15) is 0 Å². The second-order valence-electron chi connectivity index (χ2n) is 10.0. The zero-order valence-electron chi connectivity index (χ0n) is 22.4. The van der Waals surface area contributed by atoms with Gasteiger partial charge < -0.3 is 4.74 Å². The number of ketones is 2. The van der Waals surface area contributed by atoms with Crippen LogP contribution < -0.4 is 4.74 Å². The van der Waals surface area contributed by atoms with E-state index in [-0.39, 0.29) is 35.1 Å². The molecule has 0 fully saturated rings. The molecule has 0 spiro atoms. The number of aromatic nitrogens is 1. The standard InChI is InChI=1S/C32H31NO5S2/c1-38-25-13-11-22(12-14-25)18-29(35)32-27-9-2-3-10-30(27)39-31(32)20-28(34)24-7-4-8-26(19-24)40(36,37)17-15-23-6-5-16-33-21-23/h4-8,11-14,16,19,21H,2-3,9-10,15,17-18,20H2,1H3. The lowest BCUT2D eigenvalue weighted by Crippen LogP contribution is -2.13. The highest BCUT2D eigenvalue weighted by Gasteiger charge is 2.27. The SMILES string of the molecule is COc1ccc(CC(=O)c2c(CC(=O)c3cccc(S(=O)(=O)CCc4cccnc4)c3)sc3c2CCCC3)cc1. The van der Waals surface area contributed by atoms with Crippen molar-refractivity contribution in [3.63, 3.8) is 0 Å². The third kappa shape index (κ3) is 6.40. The van der Waals surface area contributed by atoms with Crippen LogP contribution in [0.25, 0.3) is 0 Å². The number of nitrogens with zero attached hydrogens (tertiary/aromatic N) is 1. The number of rotatable bonds is 11. The van der Waals surface area contributed by atoms with Gasteiger partial charge in [-0.1, -0.05) is 30.3 Å². The number of carbonyl (C=O) groups excluding carboxylic acids is 2. The molecule has 0 N–H and O–H groups in total. The number of carbonyl (C=O) groups is 2. The van der Waals surface area contributed by atoms with Crippen LogP contribution in [0.5, 0.6) is 5.75 Å². The van der Waals surface area contributed by atoms with Crippen LogP contribution in [0.2, 0.25) is 0 Å². The van der Waals surface area contributed by atoms with Crippen molar-refractivity contribution in [2.24, 2.45) is 0 Å². The second kappa shape index (κ2) is 12.3. The molecule has 0 amide bonds. The number of ether oxygens (including phenoxy) is 1. The van der Waals surface area contributed by atoms with Gasteiger partial charge in [-0.25, -0.2) is 8.42 Å². The average molecular weight is 574 g/mol. The maximum Gasteiger partial charge on any atom is 0.178 e. The number of benzene rings is 2. The van der Waals surface area contributed by atoms with Gasteiger partial charge >= 0.3 is 0 Å². The molecule has 2 aromatic heterocycles. The highest BCUT2D eigenvalue weighted by Crippen LogP contribution is 2.36. The van der Waals surface area contributed by atoms with Gasteiger partial charge in [0.1, 0.15) is 5.75 Å². The van der Waals surface area contributed by atoms with E-state index in [1.54, 1.807) is 49.0 Å². The maximum atomic E-state index is 13.6. The van der Waals surface area contributed by atoms with Crippen LogP contribution in [-0.2, 0) is 41.9 Å². The third-order valence-electron chi connectivity index (χ3n) is 7.27. The van der Waals surface area contributed by atoms with Crippen LogP contribution in [-0.4, -0.2) is 37.8 Å². The quantitative estimate of drug-likeness (QED) is 0.208. The van der Waals surface area contributed by atoms with Crippen LogP contribution in [0.3, 0.4) is 0 Å². The zero-order valence-corrected chi connectivity index (χ0v) is 24.0. The van der Waals surface area contributed by atoms with E-state index in [9.17, 15) is 18.0 Å². The molecule has 6 nitrogen and oxygen atoms in total. The molecule has 0 aliphatic heterocycles. The first-order valence-corrected chi connectivity index (χ1v) is 15.9. The number of fused-ring (bicyclic) bond motifs is 1. The van der Waals surface area contributed by atoms with E-state index < -0.39 is 9.84 Å². The van der Waals surface area contributed by atoms with E-state index in [1.165, 1.54) is 17.0 Å². The second-order valence-corrected chi connectivity index (χ2v) is 13.3. The monoisotopic (exact) mass is 573 g/mol. The Labute approximate surface area is 239 Å². The molecule has 4 aromatic rings. The minimum absolute atomic E-state index is 0.0131. The number of sulfone groups is 1. The van der Waals surface area contributed by atoms with Crippen LogP contribution in [0.15, 0.2) is 78.0 Å². The van der Waals surface area contributed by atoms with E-state index >= 15 is 0 Å². The topological polar surface area (TPSA) is 90.4 Å². The molecule has 5 rings (SSSR count). The summed E-state index contributed by atoms with van der Waals surface area (Å²) >= 11 is 1.56. The van der Waals surface area contributed by atoms with Crippen molar-refractivity contribution in [3.05, 3.63) is 111 Å². The predicted octanol–water partition coefficient (Wildman–Crippen LogP) is 5.90. The molecule has 0 saturated carbocycles. The lowest BCUT2D eigenvalue weighted by Gasteiger charge is -2.13. The van der Waals surface area contributed by atoms with E-state index in [0.717, 1.165) is 53.0 Å². The van der Waals surface area contributed by atoms with Gasteiger partial charge in [0, 0.05) is 46.1 Å². The van der Waals surface area contributed by atoms with Crippen LogP contribution in [0, 0.1) is 0 Å². The molecule has 40 heavy (non-hydrogen) atoms. The van der Waals surface area contributed by atoms with Gasteiger partial charge in [-0.15, -0.1) is 11.3 Å². The van der Waals surface area contributed by atoms with Gasteiger partial charge in [0.05, 0.1) is 17.8 Å². The Morgan fingerprint density at radius 1 is 0.925 bits per heavy atom. The number of hydrogen-bond acceptors (Lipinski definition) is 7. The molecular weight excluding hydrogens is 542 g/mol. The minimum atomic E-state index is -3.59. The average Bonchev–Trinajstić information content (AvgIpc) is 3.35. The van der Waals surface area contributed by atoms with Gasteiger partial charge in [-0.05, 0) is 79.1 Å². The van der Waals surface area contributed by atoms with Crippen molar-refractivity contribution in [2.75, 3.05) is 12.9 Å². The molecule has 2 heterocycles. The first-order valence-electron chi connectivity index (χ1n) is 13.4. The summed E-state index contributed by atoms with van der Waals surface area (Å²) in [7, 11) is -1.99. The Balaban J connectivity index is 1.36. The van der Waals surface area contributed by atoms with Crippen LogP contribution >= 0.6 is 11.3 Å². The molecule has 0 radical (unpaired) electrons. The third-order valence-corrected chi connectivity index (χ3v) is 10.3. The van der Waals surface area contributed by atoms with Gasteiger partial charge in [0.25, 0.3) is 0 Å². The number of hydrogen-bond donors (Lipinski definition) is 0. The minimum Gasteiger partial charge on any atom is -0.497 e. The molecule has 1 aliphatic carbocycles. The lowest BCUT2D eigenvalue weighted by molar-refractivity contribution is 0.0989. The number of Topliss-reactive ketones (excluding diaryl/α,β-unsaturated/α-hetero) is 2. The summed E-state index contributed by atoms with van der Waals surface area (Å²) < 4.78 is 31.3. The molecule has 2 aromatic carbocycles. The maximum absolute atomic E-state index is 13.6. The summed E-state index contributed by atoms with van der Waals surface area (Å²) in [5.74, 6) is 0.482. The summed E-state index contributed by atoms with van der Waals surface area (Å²) in [6, 6.07) is 17.3. The van der Waals surface area contributed by atoms with Crippen LogP contribution in [0.4, 0.5) is 0 Å². The Kier molecular flexibility index (Phi) is 8.57. The fraction of sp³-hybridized carbons (Fsp3) is 0.281. The van der Waals surface area contributed by atoms with Crippen molar-refractivity contribution in [3.8, 4) is 5.75 Å². The Morgan fingerprint density at radius 3 is 2.48 bits per heavy atom. The summed E-state index contributed by atoms with van der Waals surface area (Å²) in [6.45, 7) is 0.